The van der Waals surface area contributed by atoms with Crippen LogP contribution in [-0.2, 0) is 21.2 Å². The van der Waals surface area contributed by atoms with Crippen LogP contribution in [0.5, 0.6) is 0 Å². The molecule has 0 aliphatic heterocycles. The largest absolute Gasteiger partial charge is 0.340 e. The van der Waals surface area contributed by atoms with Gasteiger partial charge in [-0.15, -0.1) is 0 Å². The van der Waals surface area contributed by atoms with E-state index in [0.29, 0.717) is 30.3 Å². The van der Waals surface area contributed by atoms with E-state index in [9.17, 15) is 13.2 Å². The summed E-state index contributed by atoms with van der Waals surface area (Å²) < 4.78 is 26.4. The first-order valence-corrected chi connectivity index (χ1v) is 11.8. The molecule has 1 amide bonds. The fourth-order valence-electron chi connectivity index (χ4n) is 2.85. The number of nitrogens with one attached hydrogen (secondary N) is 3. The van der Waals surface area contributed by atoms with Crippen LogP contribution in [0.3, 0.4) is 0 Å². The van der Waals surface area contributed by atoms with Gasteiger partial charge in [-0.3, -0.25) is 4.79 Å². The number of aromatic nitrogens is 2. The monoisotopic (exact) mass is 487 g/mol. The van der Waals surface area contributed by atoms with Crippen LogP contribution in [0, 0.1) is 18.3 Å². The molecule has 0 unspecified atom stereocenters. The molecule has 0 saturated heterocycles. The summed E-state index contributed by atoms with van der Waals surface area (Å²) in [5, 5.41) is 15.0. The molecule has 0 spiro atoms. The Labute approximate surface area is 221 Å². The molecule has 34 heavy (non-hydrogen) atoms. The quantitative estimate of drug-likeness (QED) is 0.390. The molecule has 0 saturated carbocycles. The number of nitrogens with zero attached hydrogens (tertiary/aromatic N) is 3. The molecule has 3 rings (SSSR count). The van der Waals surface area contributed by atoms with E-state index in [1.165, 1.54) is 12.1 Å². The van der Waals surface area contributed by atoms with Crippen molar-refractivity contribution < 1.29 is 13.2 Å². The predicted molar refractivity (Wildman–Crippen MR) is 132 cm³/mol. The Kier molecular flexibility index (Phi) is 10.0. The number of rotatable bonds is 9. The van der Waals surface area contributed by atoms with Crippen LogP contribution in [0.15, 0.2) is 59.6 Å². The molecule has 11 heteroatoms. The van der Waals surface area contributed by atoms with E-state index in [4.69, 9.17) is 5.26 Å². The Morgan fingerprint density at radius 1 is 1.03 bits per heavy atom. The minimum absolute atomic E-state index is 0. The predicted octanol–water partition coefficient (Wildman–Crippen LogP) is 3.56. The summed E-state index contributed by atoms with van der Waals surface area (Å²) in [5.41, 5.74) is 3.38. The third kappa shape index (κ3) is 7.53. The van der Waals surface area contributed by atoms with Crippen molar-refractivity contribution in [3.8, 4) is 6.07 Å². The van der Waals surface area contributed by atoms with Crippen molar-refractivity contribution in [2.45, 2.75) is 38.0 Å². The standard InChI is InChI=1S/C23H24N6O3S.Na/c1-3-21(30)29-33(31,32)20-12-10-19(11-13-20)27-23-25-15-16(2)22(28-23)26-18-8-6-17(7-9-18)5-4-14-24;/h6-13,15H,3-5H2,1-2H3,(H,29,30)(H2,25,26,27,28);. The number of aryl methyl sites for hydroxylation is 2. The molecular formula is C23H24N6NaO3S. The second-order valence-corrected chi connectivity index (χ2v) is 8.92. The molecule has 0 aliphatic rings. The summed E-state index contributed by atoms with van der Waals surface area (Å²) in [6, 6.07) is 15.9. The Balaban J connectivity index is 0.00000408. The van der Waals surface area contributed by atoms with Crippen molar-refractivity contribution in [3.05, 3.63) is 65.9 Å². The summed E-state index contributed by atoms with van der Waals surface area (Å²) in [5.74, 6) is 0.393. The Morgan fingerprint density at radius 3 is 2.26 bits per heavy atom. The summed E-state index contributed by atoms with van der Waals surface area (Å²) in [6.45, 7) is 3.46. The average Bonchev–Trinajstić information content (AvgIpc) is 2.81. The van der Waals surface area contributed by atoms with Gasteiger partial charge in [-0.05, 0) is 55.3 Å². The minimum Gasteiger partial charge on any atom is -0.340 e. The van der Waals surface area contributed by atoms with Crippen LogP contribution in [0.1, 0.15) is 30.9 Å². The van der Waals surface area contributed by atoms with Crippen LogP contribution in [-0.4, -0.2) is 53.9 Å². The molecule has 1 aromatic heterocycles. The van der Waals surface area contributed by atoms with E-state index in [-0.39, 0.29) is 40.9 Å². The third-order valence-corrected chi connectivity index (χ3v) is 6.09. The van der Waals surface area contributed by atoms with Crippen LogP contribution in [0.25, 0.3) is 0 Å². The molecule has 0 aliphatic carbocycles. The minimum atomic E-state index is -3.90. The van der Waals surface area contributed by atoms with Gasteiger partial charge in [0.1, 0.15) is 5.82 Å². The van der Waals surface area contributed by atoms with Crippen LogP contribution < -0.4 is 15.4 Å². The molecule has 171 valence electrons. The second-order valence-electron chi connectivity index (χ2n) is 7.24. The van der Waals surface area contributed by atoms with Gasteiger partial charge < -0.3 is 10.6 Å². The van der Waals surface area contributed by atoms with Crippen molar-refractivity contribution in [2.75, 3.05) is 10.6 Å². The molecule has 0 atom stereocenters. The molecule has 2 aromatic carbocycles. The van der Waals surface area contributed by atoms with Crippen LogP contribution in [0.2, 0.25) is 0 Å². The number of carbonyl (C=O) groups is 1. The zero-order valence-corrected chi connectivity index (χ0v) is 22.1. The number of amides is 1. The Hall–Kier alpha value is -2.97. The molecule has 0 bridgehead atoms. The van der Waals surface area contributed by atoms with Crippen molar-refractivity contribution >= 4 is 68.6 Å². The molecule has 1 radical (unpaired) electrons. The summed E-state index contributed by atoms with van der Waals surface area (Å²) in [4.78, 5) is 20.2. The van der Waals surface area contributed by atoms with Gasteiger partial charge in [-0.1, -0.05) is 19.1 Å². The van der Waals surface area contributed by atoms with E-state index in [1.54, 1.807) is 25.3 Å². The zero-order chi connectivity index (χ0) is 23.8. The number of hydrogen-bond acceptors (Lipinski definition) is 8. The normalized spacial score (nSPS) is 10.5. The number of anilines is 4. The third-order valence-electron chi connectivity index (χ3n) is 4.70. The number of hydrogen-bond donors (Lipinski definition) is 3. The maximum Gasteiger partial charge on any atom is 0.264 e. The van der Waals surface area contributed by atoms with Gasteiger partial charge >= 0.3 is 0 Å². The molecular weight excluding hydrogens is 463 g/mol. The smallest absolute Gasteiger partial charge is 0.264 e. The maximum atomic E-state index is 12.2. The van der Waals surface area contributed by atoms with Crippen molar-refractivity contribution in [2.24, 2.45) is 0 Å². The molecule has 3 aromatic rings. The number of sulfonamides is 1. The summed E-state index contributed by atoms with van der Waals surface area (Å²) >= 11 is 0. The van der Waals surface area contributed by atoms with E-state index < -0.39 is 15.9 Å². The Bertz CT molecular complexity index is 1270. The Morgan fingerprint density at radius 2 is 1.65 bits per heavy atom. The SMILES string of the molecule is CCC(=O)NS(=O)(=O)c1ccc(Nc2ncc(C)c(Nc3ccc(CCC#N)cc3)n2)cc1.[Na]. The van der Waals surface area contributed by atoms with Gasteiger partial charge in [-0.2, -0.15) is 10.2 Å². The zero-order valence-electron chi connectivity index (χ0n) is 19.3. The first-order chi connectivity index (χ1) is 15.8. The first-order valence-electron chi connectivity index (χ1n) is 10.3. The van der Waals surface area contributed by atoms with Crippen molar-refractivity contribution in [1.29, 1.82) is 5.26 Å². The molecule has 3 N–H and O–H groups in total. The van der Waals surface area contributed by atoms with Crippen LogP contribution >= 0.6 is 0 Å². The van der Waals surface area contributed by atoms with Gasteiger partial charge in [-0.25, -0.2) is 18.1 Å². The summed E-state index contributed by atoms with van der Waals surface area (Å²) in [6.07, 6.45) is 2.94. The van der Waals surface area contributed by atoms with E-state index in [2.05, 4.69) is 26.7 Å². The van der Waals surface area contributed by atoms with Crippen LogP contribution in [0.4, 0.5) is 23.1 Å². The number of nitriles is 1. The van der Waals surface area contributed by atoms with E-state index in [0.717, 1.165) is 16.8 Å². The van der Waals surface area contributed by atoms with Gasteiger partial charge in [0, 0.05) is 65.5 Å². The number of carbonyl (C=O) groups excluding carboxylic acids is 1. The average molecular weight is 488 g/mol. The fraction of sp³-hybridized carbons (Fsp3) is 0.217. The van der Waals surface area contributed by atoms with Crippen molar-refractivity contribution in [3.63, 3.8) is 0 Å². The van der Waals surface area contributed by atoms with E-state index in [1.807, 2.05) is 35.9 Å². The van der Waals surface area contributed by atoms with Gasteiger partial charge in [0.15, 0.2) is 0 Å². The van der Waals surface area contributed by atoms with E-state index >= 15 is 0 Å². The number of benzene rings is 2. The topological polar surface area (TPSA) is 137 Å². The molecule has 1 heterocycles. The van der Waals surface area contributed by atoms with Gasteiger partial charge in [0.25, 0.3) is 10.0 Å². The molecule has 9 nitrogen and oxygen atoms in total. The molecule has 0 fully saturated rings. The maximum absolute atomic E-state index is 12.2. The summed E-state index contributed by atoms with van der Waals surface area (Å²) in [7, 11) is -3.90. The van der Waals surface area contributed by atoms with Gasteiger partial charge in [0.05, 0.1) is 11.0 Å². The first kappa shape index (κ1) is 27.3. The van der Waals surface area contributed by atoms with Gasteiger partial charge in [0.2, 0.25) is 11.9 Å². The van der Waals surface area contributed by atoms with Crippen molar-refractivity contribution in [1.82, 2.24) is 14.7 Å². The fourth-order valence-corrected chi connectivity index (χ4v) is 3.90. The second kappa shape index (κ2) is 12.5.